The van der Waals surface area contributed by atoms with Crippen LogP contribution in [0.2, 0.25) is 0 Å². The van der Waals surface area contributed by atoms with Crippen molar-refractivity contribution in [3.05, 3.63) is 52.5 Å². The highest BCUT2D eigenvalue weighted by Crippen LogP contribution is 2.24. The SMILES string of the molecule is Cn1c(=O)c(S(=O)(=O)c2ccc(F)cc2F)cc2cnc(NCCN3CCOCC3)nc21. The van der Waals surface area contributed by atoms with Gasteiger partial charge >= 0.3 is 0 Å². The van der Waals surface area contributed by atoms with E-state index < -0.39 is 36.8 Å². The maximum absolute atomic E-state index is 14.1. The van der Waals surface area contributed by atoms with Gasteiger partial charge < -0.3 is 10.1 Å². The van der Waals surface area contributed by atoms with Crippen LogP contribution in [-0.2, 0) is 21.6 Å². The Bertz CT molecular complexity index is 1320. The van der Waals surface area contributed by atoms with Crippen molar-refractivity contribution in [2.24, 2.45) is 7.05 Å². The monoisotopic (exact) mass is 465 g/mol. The Kier molecular flexibility index (Phi) is 6.17. The zero-order chi connectivity index (χ0) is 22.9. The van der Waals surface area contributed by atoms with E-state index in [0.29, 0.717) is 31.8 Å². The minimum atomic E-state index is -4.53. The van der Waals surface area contributed by atoms with Crippen LogP contribution in [0.15, 0.2) is 45.0 Å². The molecule has 0 amide bonds. The second kappa shape index (κ2) is 8.88. The Balaban J connectivity index is 1.63. The first-order chi connectivity index (χ1) is 15.3. The van der Waals surface area contributed by atoms with E-state index in [4.69, 9.17) is 4.74 Å². The lowest BCUT2D eigenvalue weighted by Gasteiger charge is -2.26. The summed E-state index contributed by atoms with van der Waals surface area (Å²) in [5.74, 6) is -1.90. The number of aryl methyl sites for hydroxylation is 1. The lowest BCUT2D eigenvalue weighted by atomic mass is 10.3. The molecule has 0 aliphatic carbocycles. The number of hydrogen-bond donors (Lipinski definition) is 1. The third-order valence-corrected chi connectivity index (χ3v) is 6.99. The Labute approximate surface area is 182 Å². The molecular formula is C20H21F2N5O4S. The predicted octanol–water partition coefficient (Wildman–Crippen LogP) is 1.18. The normalized spacial score (nSPS) is 15.2. The summed E-state index contributed by atoms with van der Waals surface area (Å²) in [4.78, 5) is 22.1. The number of nitrogens with one attached hydrogen (secondary N) is 1. The van der Waals surface area contributed by atoms with E-state index in [2.05, 4.69) is 20.2 Å². The smallest absolute Gasteiger partial charge is 0.271 e. The molecule has 0 bridgehead atoms. The van der Waals surface area contributed by atoms with Crippen LogP contribution in [0, 0.1) is 11.6 Å². The number of aromatic nitrogens is 3. The fourth-order valence-corrected chi connectivity index (χ4v) is 4.91. The Morgan fingerprint density at radius 3 is 2.62 bits per heavy atom. The number of hydrogen-bond acceptors (Lipinski definition) is 8. The van der Waals surface area contributed by atoms with Gasteiger partial charge in [-0.3, -0.25) is 14.3 Å². The van der Waals surface area contributed by atoms with E-state index in [9.17, 15) is 22.0 Å². The van der Waals surface area contributed by atoms with Crippen molar-refractivity contribution in [3.63, 3.8) is 0 Å². The van der Waals surface area contributed by atoms with Crippen molar-refractivity contribution in [1.82, 2.24) is 19.4 Å². The molecular weight excluding hydrogens is 444 g/mol. The van der Waals surface area contributed by atoms with Gasteiger partial charge in [0, 0.05) is 50.9 Å². The van der Waals surface area contributed by atoms with Crippen molar-refractivity contribution in [2.45, 2.75) is 9.79 Å². The molecule has 12 heteroatoms. The van der Waals surface area contributed by atoms with Gasteiger partial charge in [-0.1, -0.05) is 0 Å². The molecule has 32 heavy (non-hydrogen) atoms. The molecule has 9 nitrogen and oxygen atoms in total. The van der Waals surface area contributed by atoms with Crippen molar-refractivity contribution in [2.75, 3.05) is 44.7 Å². The highest BCUT2D eigenvalue weighted by atomic mass is 32.2. The zero-order valence-corrected chi connectivity index (χ0v) is 18.0. The topological polar surface area (TPSA) is 106 Å². The molecule has 0 saturated carbocycles. The van der Waals surface area contributed by atoms with Crippen LogP contribution in [0.25, 0.3) is 11.0 Å². The van der Waals surface area contributed by atoms with Crippen LogP contribution in [0.5, 0.6) is 0 Å². The van der Waals surface area contributed by atoms with Crippen LogP contribution in [-0.4, -0.2) is 67.2 Å². The standard InChI is InChI=1S/C20H21F2N5O4S/c1-26-18-13(12-24-20(25-18)23-4-5-27-6-8-31-9-7-27)10-17(19(26)28)32(29,30)16-3-2-14(21)11-15(16)22/h2-3,10-12H,4-9H2,1H3,(H,23,24,25). The number of halogens is 2. The molecule has 0 radical (unpaired) electrons. The highest BCUT2D eigenvalue weighted by Gasteiger charge is 2.27. The summed E-state index contributed by atoms with van der Waals surface area (Å²) in [6, 6.07) is 3.17. The third kappa shape index (κ3) is 4.33. The Hall–Kier alpha value is -2.96. The van der Waals surface area contributed by atoms with Crippen molar-refractivity contribution in [3.8, 4) is 0 Å². The summed E-state index contributed by atoms with van der Waals surface area (Å²) in [5.41, 5.74) is -0.656. The second-order valence-corrected chi connectivity index (χ2v) is 9.19. The number of nitrogens with zero attached hydrogens (tertiary/aromatic N) is 4. The summed E-state index contributed by atoms with van der Waals surface area (Å²) in [7, 11) is -3.16. The van der Waals surface area contributed by atoms with Gasteiger partial charge in [0.05, 0.1) is 13.2 Å². The fourth-order valence-electron chi connectivity index (χ4n) is 3.46. The van der Waals surface area contributed by atoms with Gasteiger partial charge in [-0.05, 0) is 18.2 Å². The van der Waals surface area contributed by atoms with Gasteiger partial charge in [-0.2, -0.15) is 4.98 Å². The number of anilines is 1. The maximum atomic E-state index is 14.1. The third-order valence-electron chi connectivity index (χ3n) is 5.20. The van der Waals surface area contributed by atoms with Crippen molar-refractivity contribution >= 4 is 26.8 Å². The van der Waals surface area contributed by atoms with Crippen LogP contribution >= 0.6 is 0 Å². The molecule has 3 aromatic rings. The number of sulfone groups is 1. The Morgan fingerprint density at radius 1 is 1.16 bits per heavy atom. The van der Waals surface area contributed by atoms with E-state index in [1.54, 1.807) is 0 Å². The van der Waals surface area contributed by atoms with Gasteiger partial charge in [-0.15, -0.1) is 0 Å². The molecule has 1 saturated heterocycles. The lowest BCUT2D eigenvalue weighted by Crippen LogP contribution is -2.39. The Morgan fingerprint density at radius 2 is 1.91 bits per heavy atom. The number of ether oxygens (including phenoxy) is 1. The summed E-state index contributed by atoms with van der Waals surface area (Å²) >= 11 is 0. The molecule has 1 fully saturated rings. The minimum absolute atomic E-state index is 0.220. The summed E-state index contributed by atoms with van der Waals surface area (Å²) < 4.78 is 59.5. The fraction of sp³-hybridized carbons (Fsp3) is 0.350. The summed E-state index contributed by atoms with van der Waals surface area (Å²) in [6.45, 7) is 4.43. The number of morpholine rings is 1. The van der Waals surface area contributed by atoms with Crippen LogP contribution in [0.3, 0.4) is 0 Å². The van der Waals surface area contributed by atoms with Crippen LogP contribution in [0.1, 0.15) is 0 Å². The molecule has 1 aliphatic heterocycles. The lowest BCUT2D eigenvalue weighted by molar-refractivity contribution is 0.0398. The maximum Gasteiger partial charge on any atom is 0.271 e. The van der Waals surface area contributed by atoms with E-state index in [1.807, 2.05) is 0 Å². The zero-order valence-electron chi connectivity index (χ0n) is 17.2. The first-order valence-electron chi connectivity index (χ1n) is 9.88. The van der Waals surface area contributed by atoms with E-state index in [0.717, 1.165) is 42.4 Å². The van der Waals surface area contributed by atoms with Gasteiger partial charge in [0.25, 0.3) is 5.56 Å². The molecule has 1 N–H and O–H groups in total. The van der Waals surface area contributed by atoms with Crippen LogP contribution in [0.4, 0.5) is 14.7 Å². The number of pyridine rings is 1. The second-order valence-electron chi connectivity index (χ2n) is 7.30. The molecule has 1 aliphatic rings. The number of fused-ring (bicyclic) bond motifs is 1. The largest absolute Gasteiger partial charge is 0.379 e. The van der Waals surface area contributed by atoms with E-state index in [1.165, 1.54) is 13.2 Å². The minimum Gasteiger partial charge on any atom is -0.379 e. The average Bonchev–Trinajstić information content (AvgIpc) is 2.77. The number of rotatable bonds is 6. The molecule has 0 atom stereocenters. The summed E-state index contributed by atoms with van der Waals surface area (Å²) in [6.07, 6.45) is 1.39. The first kappa shape index (κ1) is 22.2. The summed E-state index contributed by atoms with van der Waals surface area (Å²) in [5, 5.41) is 3.37. The van der Waals surface area contributed by atoms with Crippen LogP contribution < -0.4 is 10.9 Å². The quantitative estimate of drug-likeness (QED) is 0.541. The molecule has 170 valence electrons. The molecule has 3 heterocycles. The van der Waals surface area contributed by atoms with E-state index >= 15 is 0 Å². The molecule has 4 rings (SSSR count). The number of benzene rings is 1. The average molecular weight is 465 g/mol. The van der Waals surface area contributed by atoms with Gasteiger partial charge in [-0.25, -0.2) is 22.2 Å². The molecule has 2 aromatic heterocycles. The predicted molar refractivity (Wildman–Crippen MR) is 112 cm³/mol. The van der Waals surface area contributed by atoms with Crippen molar-refractivity contribution in [1.29, 1.82) is 0 Å². The van der Waals surface area contributed by atoms with Gasteiger partial charge in [0.2, 0.25) is 15.8 Å². The van der Waals surface area contributed by atoms with Gasteiger partial charge in [0.1, 0.15) is 27.1 Å². The highest BCUT2D eigenvalue weighted by molar-refractivity contribution is 7.91. The molecule has 1 aromatic carbocycles. The van der Waals surface area contributed by atoms with E-state index in [-0.39, 0.29) is 11.0 Å². The molecule has 0 unspecified atom stereocenters. The van der Waals surface area contributed by atoms with Gasteiger partial charge in [0.15, 0.2) is 0 Å². The van der Waals surface area contributed by atoms with Crippen molar-refractivity contribution < 1.29 is 21.9 Å². The molecule has 0 spiro atoms. The first-order valence-corrected chi connectivity index (χ1v) is 11.4.